The summed E-state index contributed by atoms with van der Waals surface area (Å²) < 4.78 is 11.3. The molecule has 1 heterocycles. The van der Waals surface area contributed by atoms with E-state index in [-0.39, 0.29) is 5.75 Å². The van der Waals surface area contributed by atoms with E-state index in [1.807, 2.05) is 54.6 Å². The van der Waals surface area contributed by atoms with Gasteiger partial charge in [-0.1, -0.05) is 43.7 Å². The topological polar surface area (TPSA) is 71.7 Å². The average molecular weight is 415 g/mol. The zero-order valence-corrected chi connectivity index (χ0v) is 17.4. The number of aromatic hydroxyl groups is 1. The van der Waals surface area contributed by atoms with E-state index in [2.05, 4.69) is 12.2 Å². The Morgan fingerprint density at radius 3 is 2.52 bits per heavy atom. The van der Waals surface area contributed by atoms with Crippen molar-refractivity contribution in [1.29, 1.82) is 0 Å². The number of phenols is 1. The molecule has 0 radical (unpaired) electrons. The Hall–Kier alpha value is -3.73. The molecule has 0 saturated carbocycles. The molecule has 5 nitrogen and oxygen atoms in total. The number of fused-ring (bicyclic) bond motifs is 1. The van der Waals surface area contributed by atoms with E-state index in [0.29, 0.717) is 24.3 Å². The highest BCUT2D eigenvalue weighted by atomic mass is 16.5. The maximum atomic E-state index is 12.0. The van der Waals surface area contributed by atoms with E-state index >= 15 is 0 Å². The van der Waals surface area contributed by atoms with Gasteiger partial charge in [-0.25, -0.2) is 4.79 Å². The van der Waals surface area contributed by atoms with Crippen LogP contribution < -0.4 is 15.7 Å². The van der Waals surface area contributed by atoms with Crippen molar-refractivity contribution in [3.05, 3.63) is 99.9 Å². The van der Waals surface area contributed by atoms with Crippen LogP contribution >= 0.6 is 0 Å². The van der Waals surface area contributed by atoms with Gasteiger partial charge in [-0.2, -0.15) is 0 Å². The molecule has 0 aliphatic carbocycles. The second kappa shape index (κ2) is 9.39. The minimum Gasteiger partial charge on any atom is -0.507 e. The van der Waals surface area contributed by atoms with Crippen LogP contribution in [0.3, 0.4) is 0 Å². The van der Waals surface area contributed by atoms with Gasteiger partial charge in [0.2, 0.25) is 0 Å². The number of ether oxygens (including phenoxy) is 1. The van der Waals surface area contributed by atoms with Crippen molar-refractivity contribution in [2.24, 2.45) is 0 Å². The van der Waals surface area contributed by atoms with Gasteiger partial charge in [0.15, 0.2) is 0 Å². The highest BCUT2D eigenvalue weighted by Crippen LogP contribution is 2.30. The largest absolute Gasteiger partial charge is 0.507 e. The Balaban J connectivity index is 1.48. The van der Waals surface area contributed by atoms with Gasteiger partial charge < -0.3 is 19.6 Å². The van der Waals surface area contributed by atoms with Gasteiger partial charge in [-0.05, 0) is 53.9 Å². The van der Waals surface area contributed by atoms with Gasteiger partial charge in [0.05, 0.1) is 5.56 Å². The van der Waals surface area contributed by atoms with Gasteiger partial charge in [0, 0.05) is 23.7 Å². The fourth-order valence-corrected chi connectivity index (χ4v) is 3.58. The minimum absolute atomic E-state index is 0.0969. The van der Waals surface area contributed by atoms with Crippen molar-refractivity contribution in [3.8, 4) is 11.5 Å². The predicted molar refractivity (Wildman–Crippen MR) is 123 cm³/mol. The van der Waals surface area contributed by atoms with E-state index in [1.54, 1.807) is 12.1 Å². The van der Waals surface area contributed by atoms with Crippen molar-refractivity contribution in [1.82, 2.24) is 0 Å². The monoisotopic (exact) mass is 415 g/mol. The maximum Gasteiger partial charge on any atom is 0.336 e. The van der Waals surface area contributed by atoms with Crippen molar-refractivity contribution >= 4 is 16.7 Å². The van der Waals surface area contributed by atoms with Gasteiger partial charge in [-0.3, -0.25) is 0 Å². The van der Waals surface area contributed by atoms with Crippen LogP contribution in [0.1, 0.15) is 30.0 Å². The smallest absolute Gasteiger partial charge is 0.336 e. The lowest BCUT2D eigenvalue weighted by atomic mass is 10.0. The maximum absolute atomic E-state index is 12.0. The van der Waals surface area contributed by atoms with Crippen molar-refractivity contribution in [3.63, 3.8) is 0 Å². The molecule has 158 valence electrons. The summed E-state index contributed by atoms with van der Waals surface area (Å²) in [7, 11) is 0. The molecule has 0 saturated heterocycles. The van der Waals surface area contributed by atoms with Gasteiger partial charge in [0.1, 0.15) is 23.7 Å². The van der Waals surface area contributed by atoms with Crippen LogP contribution in [0, 0.1) is 0 Å². The molecule has 0 atom stereocenters. The molecule has 0 fully saturated rings. The summed E-state index contributed by atoms with van der Waals surface area (Å²) in [5.41, 5.74) is 3.52. The molecule has 0 unspecified atom stereocenters. The molecule has 4 aromatic rings. The summed E-state index contributed by atoms with van der Waals surface area (Å²) in [6.07, 6.45) is 1.70. The molecule has 0 bridgehead atoms. The van der Waals surface area contributed by atoms with E-state index < -0.39 is 5.63 Å². The molecule has 5 heteroatoms. The molecule has 4 rings (SSSR count). The van der Waals surface area contributed by atoms with Gasteiger partial charge in [-0.15, -0.1) is 0 Å². The van der Waals surface area contributed by atoms with Crippen molar-refractivity contribution < 1.29 is 14.3 Å². The number of nitrogens with one attached hydrogen (secondary N) is 1. The average Bonchev–Trinajstić information content (AvgIpc) is 2.78. The highest BCUT2D eigenvalue weighted by molar-refractivity contribution is 5.85. The first kappa shape index (κ1) is 20.5. The van der Waals surface area contributed by atoms with Crippen molar-refractivity contribution in [2.45, 2.75) is 32.9 Å². The van der Waals surface area contributed by atoms with Crippen LogP contribution in [-0.2, 0) is 19.6 Å². The van der Waals surface area contributed by atoms with Crippen LogP contribution in [0.15, 0.2) is 82.0 Å². The van der Waals surface area contributed by atoms with Gasteiger partial charge in [0.25, 0.3) is 0 Å². The van der Waals surface area contributed by atoms with E-state index in [4.69, 9.17) is 9.15 Å². The standard InChI is InChI=1S/C26H25NO4/c1-2-6-19-15-25(29)31-26-22(19)13-14-24(28)23(26)16-27-20-9-11-21(12-10-20)30-17-18-7-4-3-5-8-18/h3-5,7-15,27-28H,2,6,16-17H2,1H3. The molecule has 0 amide bonds. The molecule has 1 aromatic heterocycles. The number of phenolic OH excluding ortho intramolecular Hbond substituents is 1. The first-order chi connectivity index (χ1) is 15.1. The lowest BCUT2D eigenvalue weighted by Gasteiger charge is -2.13. The lowest BCUT2D eigenvalue weighted by Crippen LogP contribution is -2.05. The zero-order valence-electron chi connectivity index (χ0n) is 17.4. The first-order valence-corrected chi connectivity index (χ1v) is 10.4. The molecule has 0 aliphatic heterocycles. The summed E-state index contributed by atoms with van der Waals surface area (Å²) in [5, 5.41) is 14.5. The Morgan fingerprint density at radius 2 is 1.77 bits per heavy atom. The third-order valence-electron chi connectivity index (χ3n) is 5.17. The second-order valence-corrected chi connectivity index (χ2v) is 7.43. The lowest BCUT2D eigenvalue weighted by molar-refractivity contribution is 0.306. The summed E-state index contributed by atoms with van der Waals surface area (Å²) in [5.74, 6) is 0.872. The summed E-state index contributed by atoms with van der Waals surface area (Å²) in [6.45, 7) is 2.90. The Morgan fingerprint density at radius 1 is 1.00 bits per heavy atom. The molecule has 2 N–H and O–H groups in total. The number of anilines is 1. The minimum atomic E-state index is -0.400. The Labute approximate surface area is 180 Å². The number of benzene rings is 3. The first-order valence-electron chi connectivity index (χ1n) is 10.4. The number of rotatable bonds is 8. The molecule has 0 aliphatic rings. The fourth-order valence-electron chi connectivity index (χ4n) is 3.58. The van der Waals surface area contributed by atoms with E-state index in [9.17, 15) is 9.90 Å². The van der Waals surface area contributed by atoms with E-state index in [0.717, 1.165) is 40.8 Å². The Kier molecular flexibility index (Phi) is 6.22. The molecule has 0 spiro atoms. The third-order valence-corrected chi connectivity index (χ3v) is 5.17. The van der Waals surface area contributed by atoms with Crippen LogP contribution in [0.25, 0.3) is 11.0 Å². The third kappa shape index (κ3) is 4.89. The molecular formula is C26H25NO4. The SMILES string of the molecule is CCCc1cc(=O)oc2c(CNc3ccc(OCc4ccccc4)cc3)c(O)ccc12. The molecule has 31 heavy (non-hydrogen) atoms. The zero-order chi connectivity index (χ0) is 21.6. The summed E-state index contributed by atoms with van der Waals surface area (Å²) >= 11 is 0. The van der Waals surface area contributed by atoms with Crippen LogP contribution in [0.5, 0.6) is 11.5 Å². The second-order valence-electron chi connectivity index (χ2n) is 7.43. The van der Waals surface area contributed by atoms with Crippen LogP contribution in [0.2, 0.25) is 0 Å². The van der Waals surface area contributed by atoms with Crippen LogP contribution in [-0.4, -0.2) is 5.11 Å². The number of aryl methyl sites for hydroxylation is 1. The van der Waals surface area contributed by atoms with E-state index in [1.165, 1.54) is 6.07 Å². The van der Waals surface area contributed by atoms with Gasteiger partial charge >= 0.3 is 5.63 Å². The highest BCUT2D eigenvalue weighted by Gasteiger charge is 2.13. The summed E-state index contributed by atoms with van der Waals surface area (Å²) in [6, 6.07) is 22.6. The van der Waals surface area contributed by atoms with Crippen molar-refractivity contribution in [2.75, 3.05) is 5.32 Å². The number of hydrogen-bond donors (Lipinski definition) is 2. The molecular weight excluding hydrogens is 390 g/mol. The predicted octanol–water partition coefficient (Wildman–Crippen LogP) is 5.64. The normalized spacial score (nSPS) is 10.9. The summed E-state index contributed by atoms with van der Waals surface area (Å²) in [4.78, 5) is 12.0. The van der Waals surface area contributed by atoms with Crippen LogP contribution in [0.4, 0.5) is 5.69 Å². The molecule has 3 aromatic carbocycles. The quantitative estimate of drug-likeness (QED) is 0.364. The fraction of sp³-hybridized carbons (Fsp3) is 0.192. The Bertz CT molecular complexity index is 1210. The number of hydrogen-bond acceptors (Lipinski definition) is 5.